The average Bonchev–Trinajstić information content (AvgIpc) is 2.54. The number of rotatable bonds is 6. The van der Waals surface area contributed by atoms with Gasteiger partial charge in [0.15, 0.2) is 0 Å². The van der Waals surface area contributed by atoms with E-state index in [9.17, 15) is 13.2 Å². The smallest absolute Gasteiger partial charge is 0.337 e. The molecular formula is C15H21ClN2O4S. The van der Waals surface area contributed by atoms with Crippen molar-refractivity contribution >= 4 is 27.6 Å². The molecule has 1 aromatic carbocycles. The highest BCUT2D eigenvalue weighted by atomic mass is 35.5. The standard InChI is InChI=1S/C15H21ClN2O4S/c1-22-15(19)12-7-13(16)9-14(8-12)23(20,21)18-6-4-11-3-2-5-17-10-11/h7-9,11,17-18H,2-6,10H2,1H3. The maximum atomic E-state index is 12.4. The predicted molar refractivity (Wildman–Crippen MR) is 88.2 cm³/mol. The van der Waals surface area contributed by atoms with E-state index in [1.807, 2.05) is 0 Å². The van der Waals surface area contributed by atoms with Gasteiger partial charge in [0, 0.05) is 11.6 Å². The van der Waals surface area contributed by atoms with Crippen molar-refractivity contribution in [2.75, 3.05) is 26.7 Å². The van der Waals surface area contributed by atoms with Crippen LogP contribution in [0.25, 0.3) is 0 Å². The normalized spacial score (nSPS) is 18.6. The Bertz CT molecular complexity index is 657. The van der Waals surface area contributed by atoms with Crippen molar-refractivity contribution in [2.45, 2.75) is 24.2 Å². The summed E-state index contributed by atoms with van der Waals surface area (Å²) in [6, 6.07) is 3.96. The largest absolute Gasteiger partial charge is 0.465 e. The fourth-order valence-electron chi connectivity index (χ4n) is 2.60. The average molecular weight is 361 g/mol. The van der Waals surface area contributed by atoms with Crippen molar-refractivity contribution in [2.24, 2.45) is 5.92 Å². The van der Waals surface area contributed by atoms with Crippen LogP contribution in [0.4, 0.5) is 0 Å². The molecule has 23 heavy (non-hydrogen) atoms. The molecule has 0 aromatic heterocycles. The van der Waals surface area contributed by atoms with E-state index < -0.39 is 16.0 Å². The van der Waals surface area contributed by atoms with Crippen molar-refractivity contribution in [3.8, 4) is 0 Å². The van der Waals surface area contributed by atoms with Crippen molar-refractivity contribution in [3.63, 3.8) is 0 Å². The van der Waals surface area contributed by atoms with Crippen LogP contribution in [0.15, 0.2) is 23.1 Å². The van der Waals surface area contributed by atoms with Crippen molar-refractivity contribution in [1.82, 2.24) is 10.0 Å². The van der Waals surface area contributed by atoms with Gasteiger partial charge in [-0.2, -0.15) is 0 Å². The maximum Gasteiger partial charge on any atom is 0.337 e. The second-order valence-electron chi connectivity index (χ2n) is 5.57. The van der Waals surface area contributed by atoms with Gasteiger partial charge in [-0.3, -0.25) is 0 Å². The van der Waals surface area contributed by atoms with Crippen LogP contribution in [0.1, 0.15) is 29.6 Å². The number of methoxy groups -OCH3 is 1. The summed E-state index contributed by atoms with van der Waals surface area (Å²) in [5, 5.41) is 3.47. The SMILES string of the molecule is COC(=O)c1cc(Cl)cc(S(=O)(=O)NCCC2CCCNC2)c1. The van der Waals surface area contributed by atoms with Gasteiger partial charge in [-0.25, -0.2) is 17.9 Å². The van der Waals surface area contributed by atoms with Gasteiger partial charge in [-0.1, -0.05) is 11.6 Å². The second kappa shape index (κ2) is 8.10. The highest BCUT2D eigenvalue weighted by Gasteiger charge is 2.19. The molecule has 8 heteroatoms. The van der Waals surface area contributed by atoms with E-state index in [4.69, 9.17) is 11.6 Å². The molecule has 1 aliphatic rings. The zero-order valence-electron chi connectivity index (χ0n) is 13.0. The minimum absolute atomic E-state index is 0.0350. The Hall–Kier alpha value is -1.15. The van der Waals surface area contributed by atoms with Gasteiger partial charge in [0.1, 0.15) is 0 Å². The number of carbonyl (C=O) groups excluding carboxylic acids is 1. The molecule has 0 saturated carbocycles. The van der Waals surface area contributed by atoms with Gasteiger partial charge in [-0.15, -0.1) is 0 Å². The predicted octanol–water partition coefficient (Wildman–Crippen LogP) is 1.79. The summed E-state index contributed by atoms with van der Waals surface area (Å²) >= 11 is 5.90. The first-order valence-corrected chi connectivity index (χ1v) is 9.38. The molecular weight excluding hydrogens is 340 g/mol. The number of esters is 1. The molecule has 1 heterocycles. The quantitative estimate of drug-likeness (QED) is 0.755. The highest BCUT2D eigenvalue weighted by molar-refractivity contribution is 7.89. The van der Waals surface area contributed by atoms with E-state index in [0.29, 0.717) is 12.5 Å². The highest BCUT2D eigenvalue weighted by Crippen LogP contribution is 2.20. The number of carbonyl (C=O) groups is 1. The molecule has 1 aromatic rings. The fourth-order valence-corrected chi connectivity index (χ4v) is 4.02. The summed E-state index contributed by atoms with van der Waals surface area (Å²) in [4.78, 5) is 11.5. The molecule has 6 nitrogen and oxygen atoms in total. The summed E-state index contributed by atoms with van der Waals surface area (Å²) < 4.78 is 31.9. The Morgan fingerprint density at radius 1 is 1.43 bits per heavy atom. The van der Waals surface area contributed by atoms with Crippen LogP contribution in [0.3, 0.4) is 0 Å². The van der Waals surface area contributed by atoms with Crippen LogP contribution < -0.4 is 10.0 Å². The Balaban J connectivity index is 2.03. The maximum absolute atomic E-state index is 12.4. The number of hydrogen-bond acceptors (Lipinski definition) is 5. The lowest BCUT2D eigenvalue weighted by atomic mass is 9.96. The van der Waals surface area contributed by atoms with Crippen molar-refractivity contribution in [1.29, 1.82) is 0 Å². The van der Waals surface area contributed by atoms with Crippen LogP contribution in [0.5, 0.6) is 0 Å². The number of piperidine rings is 1. The van der Waals surface area contributed by atoms with Gasteiger partial charge in [0.25, 0.3) is 0 Å². The summed E-state index contributed by atoms with van der Waals surface area (Å²) in [5.74, 6) is -0.145. The Morgan fingerprint density at radius 2 is 2.22 bits per heavy atom. The first-order chi connectivity index (χ1) is 10.9. The third-order valence-electron chi connectivity index (χ3n) is 3.85. The number of hydrogen-bond donors (Lipinski definition) is 2. The van der Waals surface area contributed by atoms with Crippen molar-refractivity contribution < 1.29 is 17.9 Å². The molecule has 1 fully saturated rings. The monoisotopic (exact) mass is 360 g/mol. The molecule has 2 N–H and O–H groups in total. The lowest BCUT2D eigenvalue weighted by Gasteiger charge is -2.22. The third kappa shape index (κ3) is 5.17. The molecule has 0 bridgehead atoms. The van der Waals surface area contributed by atoms with Gasteiger partial charge >= 0.3 is 5.97 Å². The topological polar surface area (TPSA) is 84.5 Å². The van der Waals surface area contributed by atoms with Gasteiger partial charge in [-0.05, 0) is 56.5 Å². The Morgan fingerprint density at radius 3 is 2.87 bits per heavy atom. The lowest BCUT2D eigenvalue weighted by molar-refractivity contribution is 0.0600. The molecule has 2 rings (SSSR count). The Kier molecular flexibility index (Phi) is 6.41. The first kappa shape index (κ1) is 18.2. The summed E-state index contributed by atoms with van der Waals surface area (Å²) in [6.45, 7) is 2.31. The number of benzene rings is 1. The van der Waals surface area contributed by atoms with Crippen LogP contribution in [-0.4, -0.2) is 41.1 Å². The summed E-state index contributed by atoms with van der Waals surface area (Å²) in [7, 11) is -2.48. The molecule has 1 aliphatic heterocycles. The molecule has 128 valence electrons. The second-order valence-corrected chi connectivity index (χ2v) is 7.77. The van der Waals surface area contributed by atoms with Gasteiger partial charge in [0.2, 0.25) is 10.0 Å². The van der Waals surface area contributed by atoms with Crippen LogP contribution >= 0.6 is 11.6 Å². The molecule has 0 amide bonds. The summed E-state index contributed by atoms with van der Waals surface area (Å²) in [6.07, 6.45) is 3.00. The minimum Gasteiger partial charge on any atom is -0.465 e. The van der Waals surface area contributed by atoms with Gasteiger partial charge in [0.05, 0.1) is 17.6 Å². The molecule has 1 unspecified atom stereocenters. The van der Waals surface area contributed by atoms with E-state index >= 15 is 0 Å². The zero-order chi connectivity index (χ0) is 16.9. The molecule has 0 spiro atoms. The molecule has 1 saturated heterocycles. The third-order valence-corrected chi connectivity index (χ3v) is 5.50. The fraction of sp³-hybridized carbons (Fsp3) is 0.533. The zero-order valence-corrected chi connectivity index (χ0v) is 14.5. The molecule has 0 aliphatic carbocycles. The first-order valence-electron chi connectivity index (χ1n) is 7.51. The lowest BCUT2D eigenvalue weighted by Crippen LogP contribution is -2.33. The minimum atomic E-state index is -3.71. The number of ether oxygens (including phenoxy) is 1. The van der Waals surface area contributed by atoms with E-state index in [2.05, 4.69) is 14.8 Å². The van der Waals surface area contributed by atoms with Crippen LogP contribution in [0.2, 0.25) is 5.02 Å². The van der Waals surface area contributed by atoms with Crippen molar-refractivity contribution in [3.05, 3.63) is 28.8 Å². The Labute approximate surface area is 141 Å². The number of sulfonamides is 1. The molecule has 1 atom stereocenters. The van der Waals surface area contributed by atoms with E-state index in [-0.39, 0.29) is 15.5 Å². The van der Waals surface area contributed by atoms with Gasteiger partial charge < -0.3 is 10.1 Å². The summed E-state index contributed by atoms with van der Waals surface area (Å²) in [5.41, 5.74) is 0.108. The van der Waals surface area contributed by atoms with E-state index in [1.54, 1.807) is 0 Å². The van der Waals surface area contributed by atoms with Crippen LogP contribution in [-0.2, 0) is 14.8 Å². The number of nitrogens with one attached hydrogen (secondary N) is 2. The number of halogens is 1. The van der Waals surface area contributed by atoms with Crippen LogP contribution in [0, 0.1) is 5.92 Å². The van der Waals surface area contributed by atoms with E-state index in [0.717, 1.165) is 32.4 Å². The molecule has 0 radical (unpaired) electrons. The van der Waals surface area contributed by atoms with E-state index in [1.165, 1.54) is 25.3 Å².